The average Bonchev–Trinajstić information content (AvgIpc) is 2.67. The van der Waals surface area contributed by atoms with E-state index >= 15 is 0 Å². The summed E-state index contributed by atoms with van der Waals surface area (Å²) in [6.07, 6.45) is -4.84. The summed E-state index contributed by atoms with van der Waals surface area (Å²) >= 11 is 0. The molecule has 2 atom stereocenters. The number of amides is 3. The Morgan fingerprint density at radius 1 is 0.935 bits per heavy atom. The van der Waals surface area contributed by atoms with Crippen molar-refractivity contribution < 1.29 is 31.9 Å². The van der Waals surface area contributed by atoms with Crippen LogP contribution < -0.4 is 16.4 Å². The smallest absolute Gasteiger partial charge is 0.368 e. The zero-order valence-corrected chi connectivity index (χ0v) is 16.5. The highest BCUT2D eigenvalue weighted by atomic mass is 19.4. The Balaban J connectivity index is 2.15. The summed E-state index contributed by atoms with van der Waals surface area (Å²) < 4.78 is 52.0. The monoisotopic (exact) mass is 439 g/mol. The maximum absolute atomic E-state index is 13.9. The van der Waals surface area contributed by atoms with E-state index in [0.29, 0.717) is 5.56 Å². The van der Waals surface area contributed by atoms with Gasteiger partial charge in [0.25, 0.3) is 0 Å². The summed E-state index contributed by atoms with van der Waals surface area (Å²) in [4.78, 5) is 36.0. The number of carbonyl (C=O) groups excluding carboxylic acids is 3. The summed E-state index contributed by atoms with van der Waals surface area (Å²) in [5.74, 6) is -2.81. The molecule has 166 valence electrons. The van der Waals surface area contributed by atoms with E-state index in [1.54, 1.807) is 6.07 Å². The molecule has 31 heavy (non-hydrogen) atoms. The van der Waals surface area contributed by atoms with Crippen molar-refractivity contribution >= 4 is 17.7 Å². The summed E-state index contributed by atoms with van der Waals surface area (Å²) in [6.45, 7) is 1.18. The quantitative estimate of drug-likeness (QED) is 0.549. The molecule has 2 rings (SSSR count). The van der Waals surface area contributed by atoms with Crippen molar-refractivity contribution in [3.63, 3.8) is 0 Å². The molecule has 0 aliphatic heterocycles. The Labute approximate surface area is 175 Å². The van der Waals surface area contributed by atoms with E-state index in [4.69, 9.17) is 5.73 Å². The maximum Gasteiger partial charge on any atom is 0.416 e. The van der Waals surface area contributed by atoms with Gasteiger partial charge in [-0.1, -0.05) is 30.3 Å². The Kier molecular flexibility index (Phi) is 7.73. The predicted molar refractivity (Wildman–Crippen MR) is 104 cm³/mol. The minimum Gasteiger partial charge on any atom is -0.368 e. The molecule has 0 fully saturated rings. The molecule has 0 spiro atoms. The van der Waals surface area contributed by atoms with Crippen molar-refractivity contribution in [1.29, 1.82) is 0 Å². The molecule has 2 aromatic rings. The molecule has 0 saturated carbocycles. The number of nitrogens with one attached hydrogen (secondary N) is 2. The zero-order chi connectivity index (χ0) is 23.2. The van der Waals surface area contributed by atoms with Gasteiger partial charge < -0.3 is 16.4 Å². The molecule has 4 N–H and O–H groups in total. The molecular weight excluding hydrogens is 418 g/mol. The number of hydrogen-bond acceptors (Lipinski definition) is 3. The predicted octanol–water partition coefficient (Wildman–Crippen LogP) is 2.10. The van der Waals surface area contributed by atoms with Gasteiger partial charge in [0.1, 0.15) is 17.9 Å². The van der Waals surface area contributed by atoms with E-state index in [1.165, 1.54) is 37.3 Å². The second-order valence-electron chi connectivity index (χ2n) is 6.91. The lowest BCUT2D eigenvalue weighted by atomic mass is 10.0. The van der Waals surface area contributed by atoms with E-state index < -0.39 is 47.4 Å². The van der Waals surface area contributed by atoms with E-state index in [0.717, 1.165) is 12.1 Å². The van der Waals surface area contributed by atoms with Crippen LogP contribution in [-0.2, 0) is 33.4 Å². The first-order valence-electron chi connectivity index (χ1n) is 9.23. The fourth-order valence-corrected chi connectivity index (χ4v) is 2.90. The molecule has 3 amide bonds. The highest BCUT2D eigenvalue weighted by Crippen LogP contribution is 2.29. The van der Waals surface area contributed by atoms with Gasteiger partial charge in [0, 0.05) is 19.8 Å². The maximum atomic E-state index is 13.9. The SMILES string of the molecule is CC(=O)N[C@H](Cc1ccccc1F)C(=O)N[C@H](Cc1ccc(C(F)(F)F)cc1)C(N)=O. The number of halogens is 4. The number of carbonyl (C=O) groups is 3. The van der Waals surface area contributed by atoms with Crippen LogP contribution >= 0.6 is 0 Å². The first kappa shape index (κ1) is 23.8. The van der Waals surface area contributed by atoms with Gasteiger partial charge in [-0.3, -0.25) is 14.4 Å². The van der Waals surface area contributed by atoms with Gasteiger partial charge in [-0.25, -0.2) is 4.39 Å². The summed E-state index contributed by atoms with van der Waals surface area (Å²) in [6, 6.07) is 7.31. The molecule has 2 aromatic carbocycles. The standard InChI is InChI=1S/C21H21F4N3O3/c1-12(29)27-18(11-14-4-2-3-5-16(14)22)20(31)28-17(19(26)30)10-13-6-8-15(9-7-13)21(23,24)25/h2-9,17-18H,10-11H2,1H3,(H2,26,30)(H,27,29)(H,28,31)/t17-,18-/m1/s1. The van der Waals surface area contributed by atoms with Crippen LogP contribution in [0.1, 0.15) is 23.6 Å². The number of rotatable bonds is 8. The second kappa shape index (κ2) is 10.1. The minimum atomic E-state index is -4.51. The van der Waals surface area contributed by atoms with Gasteiger partial charge in [-0.15, -0.1) is 0 Å². The van der Waals surface area contributed by atoms with Crippen LogP contribution in [-0.4, -0.2) is 29.8 Å². The van der Waals surface area contributed by atoms with Gasteiger partial charge in [0.05, 0.1) is 5.56 Å². The van der Waals surface area contributed by atoms with Crippen LogP contribution in [0.5, 0.6) is 0 Å². The molecule has 6 nitrogen and oxygen atoms in total. The molecule has 0 aromatic heterocycles. The summed E-state index contributed by atoms with van der Waals surface area (Å²) in [5.41, 5.74) is 4.99. The highest BCUT2D eigenvalue weighted by Gasteiger charge is 2.30. The lowest BCUT2D eigenvalue weighted by molar-refractivity contribution is -0.137. The molecule has 0 unspecified atom stereocenters. The van der Waals surface area contributed by atoms with Gasteiger partial charge in [-0.05, 0) is 29.3 Å². The molecular formula is C21H21F4N3O3. The summed E-state index contributed by atoms with van der Waals surface area (Å²) in [7, 11) is 0. The van der Waals surface area contributed by atoms with Crippen LogP contribution in [0.25, 0.3) is 0 Å². The minimum absolute atomic E-state index is 0.161. The Morgan fingerprint density at radius 3 is 2.06 bits per heavy atom. The van der Waals surface area contributed by atoms with Crippen LogP contribution in [0.15, 0.2) is 48.5 Å². The molecule has 0 heterocycles. The molecule has 0 radical (unpaired) electrons. The third-order valence-electron chi connectivity index (χ3n) is 4.46. The van der Waals surface area contributed by atoms with Crippen LogP contribution in [0.4, 0.5) is 17.6 Å². The van der Waals surface area contributed by atoms with Crippen molar-refractivity contribution in [2.75, 3.05) is 0 Å². The van der Waals surface area contributed by atoms with Gasteiger partial charge >= 0.3 is 6.18 Å². The average molecular weight is 439 g/mol. The van der Waals surface area contributed by atoms with E-state index in [9.17, 15) is 31.9 Å². The highest BCUT2D eigenvalue weighted by molar-refractivity contribution is 5.91. The first-order valence-corrected chi connectivity index (χ1v) is 9.23. The third-order valence-corrected chi connectivity index (χ3v) is 4.46. The van der Waals surface area contributed by atoms with Crippen molar-refractivity contribution in [2.24, 2.45) is 5.73 Å². The van der Waals surface area contributed by atoms with Crippen LogP contribution in [0.2, 0.25) is 0 Å². The number of primary amides is 1. The molecule has 0 aliphatic carbocycles. The second-order valence-corrected chi connectivity index (χ2v) is 6.91. The molecule has 0 aliphatic rings. The van der Waals surface area contributed by atoms with Gasteiger partial charge in [0.2, 0.25) is 17.7 Å². The number of hydrogen-bond donors (Lipinski definition) is 3. The number of nitrogens with two attached hydrogens (primary N) is 1. The topological polar surface area (TPSA) is 101 Å². The van der Waals surface area contributed by atoms with Gasteiger partial charge in [-0.2, -0.15) is 13.2 Å². The number of benzene rings is 2. The molecule has 0 bridgehead atoms. The fraction of sp³-hybridized carbons (Fsp3) is 0.286. The van der Waals surface area contributed by atoms with E-state index in [-0.39, 0.29) is 18.4 Å². The van der Waals surface area contributed by atoms with E-state index in [2.05, 4.69) is 10.6 Å². The van der Waals surface area contributed by atoms with E-state index in [1.807, 2.05) is 0 Å². The number of alkyl halides is 3. The van der Waals surface area contributed by atoms with Gasteiger partial charge in [0.15, 0.2) is 0 Å². The van der Waals surface area contributed by atoms with Crippen molar-refractivity contribution in [3.05, 3.63) is 71.0 Å². The van der Waals surface area contributed by atoms with Crippen molar-refractivity contribution in [2.45, 2.75) is 38.0 Å². The van der Waals surface area contributed by atoms with Crippen LogP contribution in [0.3, 0.4) is 0 Å². The zero-order valence-electron chi connectivity index (χ0n) is 16.5. The van der Waals surface area contributed by atoms with Crippen molar-refractivity contribution in [1.82, 2.24) is 10.6 Å². The lowest BCUT2D eigenvalue weighted by Gasteiger charge is -2.22. The Hall–Kier alpha value is -3.43. The Morgan fingerprint density at radius 2 is 1.55 bits per heavy atom. The normalized spacial score (nSPS) is 13.2. The molecule has 10 heteroatoms. The Bertz CT molecular complexity index is 946. The largest absolute Gasteiger partial charge is 0.416 e. The van der Waals surface area contributed by atoms with Crippen molar-refractivity contribution in [3.8, 4) is 0 Å². The first-order chi connectivity index (χ1) is 14.5. The molecule has 0 saturated heterocycles. The fourth-order valence-electron chi connectivity index (χ4n) is 2.90. The third kappa shape index (κ3) is 7.09. The summed E-state index contributed by atoms with van der Waals surface area (Å²) in [5, 5.41) is 4.77. The lowest BCUT2D eigenvalue weighted by Crippen LogP contribution is -2.54. The van der Waals surface area contributed by atoms with Crippen LogP contribution in [0, 0.1) is 5.82 Å².